The summed E-state index contributed by atoms with van der Waals surface area (Å²) in [5.74, 6) is 0.0995. The number of nitrogens with two attached hydrogens (primary N) is 1. The molecule has 1 heterocycles. The van der Waals surface area contributed by atoms with E-state index in [0.29, 0.717) is 11.5 Å². The zero-order valence-corrected chi connectivity index (χ0v) is 13.7. The zero-order valence-electron chi connectivity index (χ0n) is 12.1. The Labute approximate surface area is 129 Å². The number of benzene rings is 1. The summed E-state index contributed by atoms with van der Waals surface area (Å²) >= 11 is 1.09. The van der Waals surface area contributed by atoms with Crippen LogP contribution in [0.4, 0.5) is 10.8 Å². The van der Waals surface area contributed by atoms with Crippen LogP contribution < -0.4 is 11.1 Å². The molecule has 1 aromatic heterocycles. The van der Waals surface area contributed by atoms with E-state index in [1.54, 1.807) is 6.92 Å². The van der Waals surface area contributed by atoms with E-state index < -0.39 is 9.84 Å². The van der Waals surface area contributed by atoms with Gasteiger partial charge in [0, 0.05) is 6.54 Å². The van der Waals surface area contributed by atoms with Gasteiger partial charge in [-0.15, -0.1) is 0 Å². The number of rotatable bonds is 6. The molecule has 0 aliphatic carbocycles. The van der Waals surface area contributed by atoms with Crippen LogP contribution in [0.15, 0.2) is 29.2 Å². The highest BCUT2D eigenvalue weighted by Gasteiger charge is 2.23. The number of sulfone groups is 1. The van der Waals surface area contributed by atoms with Crippen LogP contribution in [0.2, 0.25) is 0 Å². The van der Waals surface area contributed by atoms with Gasteiger partial charge in [-0.1, -0.05) is 31.2 Å². The van der Waals surface area contributed by atoms with Crippen LogP contribution in [0.1, 0.15) is 18.1 Å². The van der Waals surface area contributed by atoms with Gasteiger partial charge in [-0.2, -0.15) is 4.37 Å². The Morgan fingerprint density at radius 3 is 2.71 bits per heavy atom. The van der Waals surface area contributed by atoms with E-state index in [1.807, 2.05) is 12.1 Å². The van der Waals surface area contributed by atoms with Crippen molar-refractivity contribution in [2.24, 2.45) is 0 Å². The molecule has 0 aliphatic rings. The van der Waals surface area contributed by atoms with Crippen molar-refractivity contribution in [3.05, 3.63) is 35.4 Å². The van der Waals surface area contributed by atoms with Gasteiger partial charge in [0.05, 0.1) is 5.75 Å². The Kier molecular flexibility index (Phi) is 4.84. The molecule has 7 heteroatoms. The topological polar surface area (TPSA) is 85.1 Å². The van der Waals surface area contributed by atoms with E-state index in [9.17, 15) is 8.42 Å². The highest BCUT2D eigenvalue weighted by atomic mass is 32.2. The first-order valence-electron chi connectivity index (χ1n) is 6.72. The van der Waals surface area contributed by atoms with Crippen molar-refractivity contribution < 1.29 is 8.42 Å². The van der Waals surface area contributed by atoms with Gasteiger partial charge in [0.2, 0.25) is 0 Å². The zero-order chi connectivity index (χ0) is 15.5. The number of aromatic nitrogens is 1. The molecular formula is C14H19N3O2S2. The number of anilines is 2. The summed E-state index contributed by atoms with van der Waals surface area (Å²) in [7, 11) is -3.36. The molecule has 2 aromatic rings. The van der Waals surface area contributed by atoms with E-state index in [2.05, 4.69) is 28.7 Å². The maximum absolute atomic E-state index is 12.0. The van der Waals surface area contributed by atoms with Crippen LogP contribution >= 0.6 is 11.5 Å². The molecule has 0 spiro atoms. The summed E-state index contributed by atoms with van der Waals surface area (Å²) in [5, 5.41) is 3.68. The SMILES string of the molecule is CCS(=O)(=O)c1c(N)nsc1NCCc1ccccc1C. The van der Waals surface area contributed by atoms with E-state index in [1.165, 1.54) is 11.1 Å². The summed E-state index contributed by atoms with van der Waals surface area (Å²) < 4.78 is 28.0. The molecule has 21 heavy (non-hydrogen) atoms. The van der Waals surface area contributed by atoms with Crippen LogP contribution in [0.5, 0.6) is 0 Å². The predicted molar refractivity (Wildman–Crippen MR) is 87.6 cm³/mol. The van der Waals surface area contributed by atoms with E-state index in [-0.39, 0.29) is 16.5 Å². The number of nitrogen functional groups attached to an aromatic ring is 1. The van der Waals surface area contributed by atoms with Crippen molar-refractivity contribution in [1.82, 2.24) is 4.37 Å². The number of aryl methyl sites for hydroxylation is 1. The summed E-state index contributed by atoms with van der Waals surface area (Å²) in [5.41, 5.74) is 8.15. The second kappa shape index (κ2) is 6.44. The van der Waals surface area contributed by atoms with Crippen LogP contribution in [-0.2, 0) is 16.3 Å². The summed E-state index contributed by atoms with van der Waals surface area (Å²) in [6, 6.07) is 8.14. The quantitative estimate of drug-likeness (QED) is 0.852. The molecule has 0 saturated heterocycles. The number of hydrogen-bond donors (Lipinski definition) is 2. The molecule has 0 unspecified atom stereocenters. The smallest absolute Gasteiger partial charge is 0.184 e. The molecule has 114 valence electrons. The van der Waals surface area contributed by atoms with Crippen molar-refractivity contribution in [1.29, 1.82) is 0 Å². The lowest BCUT2D eigenvalue weighted by Crippen LogP contribution is -2.11. The Morgan fingerprint density at radius 2 is 2.05 bits per heavy atom. The average molecular weight is 325 g/mol. The van der Waals surface area contributed by atoms with Gasteiger partial charge >= 0.3 is 0 Å². The lowest BCUT2D eigenvalue weighted by atomic mass is 10.1. The second-order valence-electron chi connectivity index (χ2n) is 4.73. The number of nitrogens with zero attached hydrogens (tertiary/aromatic N) is 1. The Bertz CT molecular complexity index is 724. The first-order valence-corrected chi connectivity index (χ1v) is 9.14. The Hall–Kier alpha value is -1.60. The predicted octanol–water partition coefficient (Wildman–Crippen LogP) is 2.48. The lowest BCUT2D eigenvalue weighted by molar-refractivity contribution is 0.598. The largest absolute Gasteiger partial charge is 0.382 e. The molecule has 0 atom stereocenters. The van der Waals surface area contributed by atoms with Gasteiger partial charge in [0.15, 0.2) is 15.7 Å². The summed E-state index contributed by atoms with van der Waals surface area (Å²) in [4.78, 5) is 0.139. The third kappa shape index (κ3) is 3.54. The van der Waals surface area contributed by atoms with Crippen LogP contribution in [0.25, 0.3) is 0 Å². The first-order chi connectivity index (χ1) is 9.95. The molecule has 5 nitrogen and oxygen atoms in total. The maximum Gasteiger partial charge on any atom is 0.184 e. The number of nitrogens with one attached hydrogen (secondary N) is 1. The molecule has 0 amide bonds. The van der Waals surface area contributed by atoms with Gasteiger partial charge in [-0.25, -0.2) is 8.42 Å². The minimum atomic E-state index is -3.36. The molecule has 0 fully saturated rings. The van der Waals surface area contributed by atoms with Crippen molar-refractivity contribution in [2.75, 3.05) is 23.3 Å². The molecule has 0 radical (unpaired) electrons. The van der Waals surface area contributed by atoms with Gasteiger partial charge < -0.3 is 11.1 Å². The molecular weight excluding hydrogens is 306 g/mol. The van der Waals surface area contributed by atoms with E-state index in [0.717, 1.165) is 18.0 Å². The third-order valence-electron chi connectivity index (χ3n) is 3.31. The van der Waals surface area contributed by atoms with Crippen molar-refractivity contribution in [2.45, 2.75) is 25.2 Å². The van der Waals surface area contributed by atoms with Crippen molar-refractivity contribution in [3.8, 4) is 0 Å². The van der Waals surface area contributed by atoms with Gasteiger partial charge in [-0.3, -0.25) is 0 Å². The van der Waals surface area contributed by atoms with Crippen LogP contribution in [0.3, 0.4) is 0 Å². The van der Waals surface area contributed by atoms with Gasteiger partial charge in [0.1, 0.15) is 9.90 Å². The lowest BCUT2D eigenvalue weighted by Gasteiger charge is -2.08. The first kappa shape index (κ1) is 15.8. The standard InChI is InChI=1S/C14H19N3O2S2/c1-3-21(18,19)12-13(15)17-20-14(12)16-9-8-11-7-5-4-6-10(11)2/h4-7,16H,3,8-9H2,1-2H3,(H2,15,17). The van der Waals surface area contributed by atoms with E-state index >= 15 is 0 Å². The highest BCUT2D eigenvalue weighted by molar-refractivity contribution is 7.91. The minimum Gasteiger partial charge on any atom is -0.382 e. The summed E-state index contributed by atoms with van der Waals surface area (Å²) in [6.07, 6.45) is 0.816. The Morgan fingerprint density at radius 1 is 1.33 bits per heavy atom. The summed E-state index contributed by atoms with van der Waals surface area (Å²) in [6.45, 7) is 4.30. The molecule has 3 N–H and O–H groups in total. The third-order valence-corrected chi connectivity index (χ3v) is 6.05. The molecule has 2 rings (SSSR count). The maximum atomic E-state index is 12.0. The van der Waals surface area contributed by atoms with Crippen molar-refractivity contribution >= 4 is 32.2 Å². The van der Waals surface area contributed by atoms with Crippen molar-refractivity contribution in [3.63, 3.8) is 0 Å². The molecule has 0 saturated carbocycles. The fourth-order valence-corrected chi connectivity index (χ4v) is 4.25. The monoisotopic (exact) mass is 325 g/mol. The van der Waals surface area contributed by atoms with Crippen LogP contribution in [-0.4, -0.2) is 25.1 Å². The van der Waals surface area contributed by atoms with E-state index in [4.69, 9.17) is 5.73 Å². The molecule has 1 aromatic carbocycles. The minimum absolute atomic E-state index is 0.0160. The van der Waals surface area contributed by atoms with Gasteiger partial charge in [-0.05, 0) is 36.0 Å². The Balaban J connectivity index is 2.10. The number of hydrogen-bond acceptors (Lipinski definition) is 6. The average Bonchev–Trinajstić information content (AvgIpc) is 2.83. The normalized spacial score (nSPS) is 11.5. The fourth-order valence-electron chi connectivity index (χ4n) is 2.05. The molecule has 0 bridgehead atoms. The van der Waals surface area contributed by atoms with Gasteiger partial charge in [0.25, 0.3) is 0 Å². The molecule has 0 aliphatic heterocycles. The highest BCUT2D eigenvalue weighted by Crippen LogP contribution is 2.32. The fraction of sp³-hybridized carbons (Fsp3) is 0.357. The van der Waals surface area contributed by atoms with Crippen LogP contribution in [0, 0.1) is 6.92 Å². The second-order valence-corrected chi connectivity index (χ2v) is 7.72.